The van der Waals surface area contributed by atoms with Gasteiger partial charge in [-0.2, -0.15) is 4.98 Å². The number of hydrogen-bond acceptors (Lipinski definition) is 4. The van der Waals surface area contributed by atoms with E-state index in [1.807, 2.05) is 82.3 Å². The highest BCUT2D eigenvalue weighted by Gasteiger charge is 2.24. The number of aryl methyl sites for hydroxylation is 1. The summed E-state index contributed by atoms with van der Waals surface area (Å²) in [5.74, 6) is 0.924. The van der Waals surface area contributed by atoms with Gasteiger partial charge in [-0.1, -0.05) is 80.0 Å². The van der Waals surface area contributed by atoms with Gasteiger partial charge in [-0.3, -0.25) is 4.79 Å². The van der Waals surface area contributed by atoms with Crippen molar-refractivity contribution < 1.29 is 9.32 Å². The van der Waals surface area contributed by atoms with E-state index in [0.717, 1.165) is 16.7 Å². The molecule has 0 unspecified atom stereocenters. The van der Waals surface area contributed by atoms with Crippen molar-refractivity contribution in [2.24, 2.45) is 5.41 Å². The van der Waals surface area contributed by atoms with Crippen molar-refractivity contribution in [2.45, 2.75) is 46.6 Å². The van der Waals surface area contributed by atoms with Crippen molar-refractivity contribution in [1.29, 1.82) is 0 Å². The number of nitrogens with one attached hydrogen (secondary N) is 1. The molecule has 0 aliphatic heterocycles. The van der Waals surface area contributed by atoms with E-state index >= 15 is 0 Å². The molecule has 0 saturated carbocycles. The van der Waals surface area contributed by atoms with Gasteiger partial charge in [-0.15, -0.1) is 0 Å². The fraction of sp³-hybridized carbons (Fsp3) is 0.348. The highest BCUT2D eigenvalue weighted by molar-refractivity contribution is 5.77. The van der Waals surface area contributed by atoms with E-state index in [-0.39, 0.29) is 17.4 Å². The molecule has 1 aromatic heterocycles. The lowest BCUT2D eigenvalue weighted by molar-refractivity contribution is -0.123. The van der Waals surface area contributed by atoms with Gasteiger partial charge in [0.05, 0.1) is 0 Å². The third-order valence-corrected chi connectivity index (χ3v) is 4.32. The number of hydrogen-bond donors (Lipinski definition) is 1. The Hall–Kier alpha value is -2.95. The van der Waals surface area contributed by atoms with Crippen LogP contribution in [0.2, 0.25) is 0 Å². The first-order valence-corrected chi connectivity index (χ1v) is 9.54. The first kappa shape index (κ1) is 19.8. The molecule has 0 saturated heterocycles. The molecule has 0 aliphatic carbocycles. The summed E-state index contributed by atoms with van der Waals surface area (Å²) in [4.78, 5) is 17.1. The number of benzene rings is 2. The van der Waals surface area contributed by atoms with Crippen molar-refractivity contribution >= 4 is 5.91 Å². The first-order valence-electron chi connectivity index (χ1n) is 9.54. The zero-order valence-electron chi connectivity index (χ0n) is 16.9. The molecule has 0 spiro atoms. The third kappa shape index (κ3) is 5.52. The van der Waals surface area contributed by atoms with Crippen molar-refractivity contribution in [3.05, 3.63) is 71.6 Å². The molecular formula is C23H27N3O2. The molecular weight excluding hydrogens is 350 g/mol. The van der Waals surface area contributed by atoms with Crippen LogP contribution in [0.4, 0.5) is 0 Å². The van der Waals surface area contributed by atoms with E-state index in [1.54, 1.807) is 0 Å². The fourth-order valence-corrected chi connectivity index (χ4v) is 3.06. The van der Waals surface area contributed by atoms with Crippen LogP contribution < -0.4 is 5.32 Å². The molecule has 0 aliphatic rings. The van der Waals surface area contributed by atoms with E-state index in [1.165, 1.54) is 0 Å². The average molecular weight is 377 g/mol. The number of amides is 1. The number of nitrogens with zero attached hydrogens (tertiary/aromatic N) is 2. The van der Waals surface area contributed by atoms with Crippen LogP contribution in [-0.2, 0) is 11.2 Å². The Labute approximate surface area is 166 Å². The highest BCUT2D eigenvalue weighted by Crippen LogP contribution is 2.24. The van der Waals surface area contributed by atoms with Gasteiger partial charge in [-0.05, 0) is 24.0 Å². The van der Waals surface area contributed by atoms with Crippen LogP contribution in [0.5, 0.6) is 0 Å². The van der Waals surface area contributed by atoms with Crippen molar-refractivity contribution in [2.75, 3.05) is 0 Å². The van der Waals surface area contributed by atoms with E-state index in [9.17, 15) is 4.79 Å². The van der Waals surface area contributed by atoms with Crippen molar-refractivity contribution in [1.82, 2.24) is 15.5 Å². The van der Waals surface area contributed by atoms with Crippen LogP contribution in [0.25, 0.3) is 11.4 Å². The topological polar surface area (TPSA) is 68.0 Å². The summed E-state index contributed by atoms with van der Waals surface area (Å²) in [5.41, 5.74) is 3.03. The third-order valence-electron chi connectivity index (χ3n) is 4.32. The maximum Gasteiger partial charge on any atom is 0.249 e. The summed E-state index contributed by atoms with van der Waals surface area (Å²) in [5, 5.41) is 7.21. The minimum atomic E-state index is -0.372. The highest BCUT2D eigenvalue weighted by atomic mass is 16.5. The summed E-state index contributed by atoms with van der Waals surface area (Å²) >= 11 is 0. The van der Waals surface area contributed by atoms with Gasteiger partial charge in [0.25, 0.3) is 0 Å². The molecule has 1 atom stereocenters. The number of aromatic nitrogens is 2. The van der Waals surface area contributed by atoms with Gasteiger partial charge in [-0.25, -0.2) is 0 Å². The number of carbonyl (C=O) groups excluding carboxylic acids is 1. The Morgan fingerprint density at radius 3 is 2.54 bits per heavy atom. The van der Waals surface area contributed by atoms with Crippen LogP contribution >= 0.6 is 0 Å². The van der Waals surface area contributed by atoms with Gasteiger partial charge in [0.2, 0.25) is 17.6 Å². The molecule has 0 fully saturated rings. The van der Waals surface area contributed by atoms with E-state index < -0.39 is 0 Å². The molecule has 0 bridgehead atoms. The van der Waals surface area contributed by atoms with E-state index in [2.05, 4.69) is 15.5 Å². The number of carbonyl (C=O) groups is 1. The molecule has 3 rings (SSSR count). The van der Waals surface area contributed by atoms with Crippen LogP contribution in [0.1, 0.15) is 50.3 Å². The molecule has 2 aromatic carbocycles. The Morgan fingerprint density at radius 2 is 1.86 bits per heavy atom. The lowest BCUT2D eigenvalue weighted by Crippen LogP contribution is -2.32. The quantitative estimate of drug-likeness (QED) is 0.665. The van der Waals surface area contributed by atoms with E-state index in [4.69, 9.17) is 4.52 Å². The van der Waals surface area contributed by atoms with Crippen LogP contribution in [0.15, 0.2) is 59.1 Å². The Morgan fingerprint density at radius 1 is 1.11 bits per heavy atom. The molecule has 1 amide bonds. The predicted octanol–water partition coefficient (Wildman–Crippen LogP) is 4.88. The summed E-state index contributed by atoms with van der Waals surface area (Å²) in [6, 6.07) is 17.6. The minimum Gasteiger partial charge on any atom is -0.344 e. The molecule has 3 aromatic rings. The summed E-state index contributed by atoms with van der Waals surface area (Å²) in [6.07, 6.45) is 1.02. The van der Waals surface area contributed by atoms with Gasteiger partial charge in [0.15, 0.2) is 0 Å². The van der Waals surface area contributed by atoms with Gasteiger partial charge < -0.3 is 9.84 Å². The maximum atomic E-state index is 12.6. The van der Waals surface area contributed by atoms with Crippen LogP contribution in [0, 0.1) is 12.3 Å². The zero-order valence-corrected chi connectivity index (χ0v) is 16.9. The van der Waals surface area contributed by atoms with Gasteiger partial charge in [0, 0.05) is 18.4 Å². The summed E-state index contributed by atoms with van der Waals surface area (Å²) in [6.45, 7) is 8.15. The Balaban J connectivity index is 1.85. The summed E-state index contributed by atoms with van der Waals surface area (Å²) < 4.78 is 5.55. The second kappa shape index (κ2) is 8.38. The molecule has 146 valence electrons. The smallest absolute Gasteiger partial charge is 0.249 e. The van der Waals surface area contributed by atoms with Gasteiger partial charge >= 0.3 is 0 Å². The molecule has 1 N–H and O–H groups in total. The van der Waals surface area contributed by atoms with Crippen LogP contribution in [0.3, 0.4) is 0 Å². The van der Waals surface area contributed by atoms with Gasteiger partial charge in [0.1, 0.15) is 6.04 Å². The molecule has 5 heteroatoms. The normalized spacial score (nSPS) is 12.6. The Bertz CT molecular complexity index is 926. The van der Waals surface area contributed by atoms with Crippen molar-refractivity contribution in [3.8, 4) is 11.4 Å². The SMILES string of the molecule is Cc1cccc(-c2noc([C@@H](Cc3ccccc3)NC(=O)CC(C)(C)C)n2)c1. The van der Waals surface area contributed by atoms with E-state index in [0.29, 0.717) is 24.6 Å². The lowest BCUT2D eigenvalue weighted by Gasteiger charge is -2.20. The largest absolute Gasteiger partial charge is 0.344 e. The second-order valence-electron chi connectivity index (χ2n) is 8.37. The lowest BCUT2D eigenvalue weighted by atomic mass is 9.91. The minimum absolute atomic E-state index is 0.0243. The average Bonchev–Trinajstić information content (AvgIpc) is 3.10. The maximum absolute atomic E-state index is 12.6. The molecule has 28 heavy (non-hydrogen) atoms. The fourth-order valence-electron chi connectivity index (χ4n) is 3.06. The predicted molar refractivity (Wildman–Crippen MR) is 110 cm³/mol. The first-order chi connectivity index (χ1) is 13.3. The monoisotopic (exact) mass is 377 g/mol. The molecule has 0 radical (unpaired) electrons. The Kier molecular flexibility index (Phi) is 5.93. The molecule has 1 heterocycles. The molecule has 5 nitrogen and oxygen atoms in total. The standard InChI is InChI=1S/C23H27N3O2/c1-16-9-8-12-18(13-16)21-25-22(28-26-21)19(14-17-10-6-5-7-11-17)24-20(27)15-23(2,3)4/h5-13,19H,14-15H2,1-4H3,(H,24,27)/t19-/m1/s1. The second-order valence-corrected chi connectivity index (χ2v) is 8.37. The number of rotatable bonds is 6. The summed E-state index contributed by atoms with van der Waals surface area (Å²) in [7, 11) is 0. The zero-order chi connectivity index (χ0) is 20.1. The van der Waals surface area contributed by atoms with Crippen LogP contribution in [-0.4, -0.2) is 16.0 Å². The van der Waals surface area contributed by atoms with Crippen molar-refractivity contribution in [3.63, 3.8) is 0 Å².